The van der Waals surface area contributed by atoms with Crippen molar-refractivity contribution in [1.82, 2.24) is 15.3 Å². The summed E-state index contributed by atoms with van der Waals surface area (Å²) in [5.41, 5.74) is 4.31. The van der Waals surface area contributed by atoms with Crippen LogP contribution in [0.5, 0.6) is 23.0 Å². The summed E-state index contributed by atoms with van der Waals surface area (Å²) in [6.07, 6.45) is 4.73. The van der Waals surface area contributed by atoms with Gasteiger partial charge in [-0.25, -0.2) is 9.80 Å². The Morgan fingerprint density at radius 2 is 1.52 bits per heavy atom. The molecule has 42 heavy (non-hydrogen) atoms. The third kappa shape index (κ3) is 9.39. The number of anilines is 2. The highest BCUT2D eigenvalue weighted by atomic mass is 16.5. The van der Waals surface area contributed by atoms with Gasteiger partial charge >= 0.3 is 6.03 Å². The fraction of sp³-hybridized carbons (Fsp3) is 0.375. The van der Waals surface area contributed by atoms with Crippen LogP contribution in [0.25, 0.3) is 0 Å². The molecule has 4 rings (SSSR count). The molecule has 0 spiro atoms. The topological polar surface area (TPSA) is 104 Å². The summed E-state index contributed by atoms with van der Waals surface area (Å²) in [6, 6.07) is 19.0. The van der Waals surface area contributed by atoms with Crippen LogP contribution in [0.3, 0.4) is 0 Å². The second kappa shape index (κ2) is 15.1. The molecule has 0 bridgehead atoms. The predicted octanol–water partition coefficient (Wildman–Crippen LogP) is 5.98. The minimum Gasteiger partial charge on any atom is -0.497 e. The second-order valence-electron chi connectivity index (χ2n) is 10.5. The number of benzene rings is 3. The van der Waals surface area contributed by atoms with Gasteiger partial charge in [0.1, 0.15) is 29.1 Å². The van der Waals surface area contributed by atoms with E-state index in [0.717, 1.165) is 31.7 Å². The first kappa shape index (κ1) is 30.7. The van der Waals surface area contributed by atoms with Crippen molar-refractivity contribution in [3.63, 3.8) is 0 Å². The molecular formula is C32H41N5O5. The third-order valence-electron chi connectivity index (χ3n) is 6.83. The minimum atomic E-state index is -0.389. The Kier molecular flexibility index (Phi) is 11.0. The van der Waals surface area contributed by atoms with Gasteiger partial charge in [-0.3, -0.25) is 10.2 Å². The number of hydrogen-bond acceptors (Lipinski definition) is 7. The maximum Gasteiger partial charge on any atom is 0.333 e. The Morgan fingerprint density at radius 3 is 2.17 bits per heavy atom. The van der Waals surface area contributed by atoms with Gasteiger partial charge in [0.2, 0.25) is 0 Å². The van der Waals surface area contributed by atoms with E-state index in [2.05, 4.69) is 27.9 Å². The zero-order chi connectivity index (χ0) is 29.9. The van der Waals surface area contributed by atoms with Gasteiger partial charge in [-0.2, -0.15) is 0 Å². The Balaban J connectivity index is 1.29. The molecule has 3 aromatic carbocycles. The highest BCUT2D eigenvalue weighted by Gasteiger charge is 2.20. The lowest BCUT2D eigenvalue weighted by molar-refractivity contribution is 0.0996. The van der Waals surface area contributed by atoms with Crippen LogP contribution in [0.2, 0.25) is 0 Å². The SMILES string of the molecule is CCCCN1CCC(Oc2ccc(C(=O)Nc3ccc(Oc4cc(NC(=O)NN(C)C)cc(OC)c4)cc3)cc2)CC1. The van der Waals surface area contributed by atoms with E-state index in [9.17, 15) is 9.59 Å². The van der Waals surface area contributed by atoms with Crippen molar-refractivity contribution in [1.29, 1.82) is 0 Å². The first-order valence-electron chi connectivity index (χ1n) is 14.3. The number of ether oxygens (including phenoxy) is 3. The van der Waals surface area contributed by atoms with Crippen molar-refractivity contribution in [2.75, 3.05) is 51.5 Å². The summed E-state index contributed by atoms with van der Waals surface area (Å²) in [4.78, 5) is 27.4. The summed E-state index contributed by atoms with van der Waals surface area (Å²) in [5.74, 6) is 2.15. The molecule has 3 aromatic rings. The maximum absolute atomic E-state index is 12.8. The number of hydrogen-bond donors (Lipinski definition) is 3. The molecule has 1 saturated heterocycles. The number of carbonyl (C=O) groups excluding carboxylic acids is 2. The zero-order valence-corrected chi connectivity index (χ0v) is 24.8. The van der Waals surface area contributed by atoms with Gasteiger partial charge < -0.3 is 29.7 Å². The summed E-state index contributed by atoms with van der Waals surface area (Å²) in [6.45, 7) is 5.54. The molecular weight excluding hydrogens is 534 g/mol. The van der Waals surface area contributed by atoms with E-state index < -0.39 is 0 Å². The number of amides is 3. The number of hydrazine groups is 1. The van der Waals surface area contributed by atoms with Crippen LogP contribution < -0.4 is 30.3 Å². The Bertz CT molecular complexity index is 1310. The molecule has 0 aromatic heterocycles. The lowest BCUT2D eigenvalue weighted by Crippen LogP contribution is -2.39. The van der Waals surface area contributed by atoms with Crippen molar-refractivity contribution in [2.24, 2.45) is 0 Å². The van der Waals surface area contributed by atoms with Crippen LogP contribution >= 0.6 is 0 Å². The van der Waals surface area contributed by atoms with Gasteiger partial charge in [-0.1, -0.05) is 13.3 Å². The Labute approximate surface area is 247 Å². The normalized spacial score (nSPS) is 13.8. The van der Waals surface area contributed by atoms with Gasteiger partial charge in [0.25, 0.3) is 5.91 Å². The van der Waals surface area contributed by atoms with Crippen LogP contribution in [0.15, 0.2) is 66.7 Å². The van der Waals surface area contributed by atoms with E-state index in [-0.39, 0.29) is 18.0 Å². The largest absolute Gasteiger partial charge is 0.497 e. The van der Waals surface area contributed by atoms with E-state index in [1.165, 1.54) is 24.4 Å². The lowest BCUT2D eigenvalue weighted by atomic mass is 10.1. The molecule has 1 aliphatic rings. The number of urea groups is 1. The second-order valence-corrected chi connectivity index (χ2v) is 10.5. The molecule has 224 valence electrons. The number of piperidine rings is 1. The van der Waals surface area contributed by atoms with Crippen LogP contribution in [0.1, 0.15) is 43.0 Å². The van der Waals surface area contributed by atoms with Crippen molar-refractivity contribution >= 4 is 23.3 Å². The predicted molar refractivity (Wildman–Crippen MR) is 165 cm³/mol. The van der Waals surface area contributed by atoms with Crippen molar-refractivity contribution < 1.29 is 23.8 Å². The third-order valence-corrected chi connectivity index (χ3v) is 6.83. The van der Waals surface area contributed by atoms with Crippen molar-refractivity contribution in [2.45, 2.75) is 38.7 Å². The fourth-order valence-electron chi connectivity index (χ4n) is 4.64. The summed E-state index contributed by atoms with van der Waals surface area (Å²) in [5, 5.41) is 7.20. The molecule has 0 radical (unpaired) electrons. The van der Waals surface area contributed by atoms with E-state index >= 15 is 0 Å². The molecule has 1 fully saturated rings. The number of methoxy groups -OCH3 is 1. The maximum atomic E-state index is 12.8. The van der Waals surface area contributed by atoms with E-state index in [1.807, 2.05) is 12.1 Å². The molecule has 0 unspecified atom stereocenters. The van der Waals surface area contributed by atoms with E-state index in [0.29, 0.717) is 34.2 Å². The summed E-state index contributed by atoms with van der Waals surface area (Å²) < 4.78 is 17.5. The molecule has 1 aliphatic heterocycles. The van der Waals surface area contributed by atoms with Crippen LogP contribution in [-0.4, -0.2) is 68.8 Å². The minimum absolute atomic E-state index is 0.209. The average Bonchev–Trinajstić information content (AvgIpc) is 2.97. The number of unbranched alkanes of at least 4 members (excludes halogenated alkanes) is 1. The first-order chi connectivity index (χ1) is 20.3. The molecule has 3 amide bonds. The van der Waals surface area contributed by atoms with Crippen molar-refractivity contribution in [3.8, 4) is 23.0 Å². The fourth-order valence-corrected chi connectivity index (χ4v) is 4.64. The number of carbonyl (C=O) groups is 2. The van der Waals surface area contributed by atoms with Crippen molar-refractivity contribution in [3.05, 3.63) is 72.3 Å². The first-order valence-corrected chi connectivity index (χ1v) is 14.3. The molecule has 0 saturated carbocycles. The lowest BCUT2D eigenvalue weighted by Gasteiger charge is -2.32. The molecule has 10 nitrogen and oxygen atoms in total. The summed E-state index contributed by atoms with van der Waals surface area (Å²) >= 11 is 0. The monoisotopic (exact) mass is 575 g/mol. The van der Waals surface area contributed by atoms with Gasteiger partial charge in [0.15, 0.2) is 0 Å². The molecule has 10 heteroatoms. The van der Waals surface area contributed by atoms with Gasteiger partial charge in [-0.15, -0.1) is 0 Å². The van der Waals surface area contributed by atoms with Gasteiger partial charge in [0.05, 0.1) is 7.11 Å². The van der Waals surface area contributed by atoms with Crippen LogP contribution in [0, 0.1) is 0 Å². The Morgan fingerprint density at radius 1 is 0.857 bits per heavy atom. The zero-order valence-electron chi connectivity index (χ0n) is 24.8. The Hall–Kier alpha value is -4.28. The quantitative estimate of drug-likeness (QED) is 0.228. The number of nitrogens with zero attached hydrogens (tertiary/aromatic N) is 2. The van der Waals surface area contributed by atoms with Crippen LogP contribution in [0.4, 0.5) is 16.2 Å². The van der Waals surface area contributed by atoms with Gasteiger partial charge in [0, 0.05) is 62.3 Å². The number of likely N-dealkylation sites (tertiary alicyclic amines) is 1. The highest BCUT2D eigenvalue weighted by molar-refractivity contribution is 6.04. The van der Waals surface area contributed by atoms with E-state index in [1.54, 1.807) is 75.8 Å². The molecule has 0 atom stereocenters. The standard InChI is InChI=1S/C32H41N5O5/c1-5-6-17-37-18-15-28(16-19-37)41-26-11-7-23(8-12-26)31(38)33-24-9-13-27(14-10-24)42-30-21-25(20-29(22-30)40-4)34-32(39)35-36(2)3/h7-14,20-22,28H,5-6,15-19H2,1-4H3,(H,33,38)(H2,34,35,39). The van der Waals surface area contributed by atoms with Gasteiger partial charge in [-0.05, 0) is 74.3 Å². The number of nitrogens with one attached hydrogen (secondary N) is 3. The highest BCUT2D eigenvalue weighted by Crippen LogP contribution is 2.30. The smallest absolute Gasteiger partial charge is 0.333 e. The van der Waals surface area contributed by atoms with Crippen LogP contribution in [-0.2, 0) is 0 Å². The average molecular weight is 576 g/mol. The molecule has 0 aliphatic carbocycles. The molecule has 1 heterocycles. The number of rotatable bonds is 12. The van der Waals surface area contributed by atoms with E-state index in [4.69, 9.17) is 14.2 Å². The molecule has 3 N–H and O–H groups in total. The summed E-state index contributed by atoms with van der Waals surface area (Å²) in [7, 11) is 4.98.